The quantitative estimate of drug-likeness (QED) is 0.588. The van der Waals surface area contributed by atoms with Crippen LogP contribution in [0, 0.1) is 5.82 Å². The normalized spacial score (nSPS) is 12.2. The third-order valence-corrected chi connectivity index (χ3v) is 5.22. The van der Waals surface area contributed by atoms with Crippen LogP contribution in [0.25, 0.3) is 16.9 Å². The Bertz CT molecular complexity index is 1210. The molecule has 3 aromatic rings. The summed E-state index contributed by atoms with van der Waals surface area (Å²) in [7, 11) is -2.93. The lowest BCUT2D eigenvalue weighted by atomic mass is 10.1. The van der Waals surface area contributed by atoms with Crippen molar-refractivity contribution >= 4 is 10.0 Å². The lowest BCUT2D eigenvalue weighted by Crippen LogP contribution is -2.15. The van der Waals surface area contributed by atoms with Crippen molar-refractivity contribution in [2.24, 2.45) is 5.14 Å². The molecule has 0 unspecified atom stereocenters. The zero-order chi connectivity index (χ0) is 22.3. The maximum absolute atomic E-state index is 14.1. The summed E-state index contributed by atoms with van der Waals surface area (Å²) in [6.45, 7) is -0.737. The average Bonchev–Trinajstić information content (AvgIpc) is 3.12. The van der Waals surface area contributed by atoms with Crippen LogP contribution in [-0.4, -0.2) is 30.4 Å². The number of halogens is 4. The van der Waals surface area contributed by atoms with Crippen LogP contribution in [0.15, 0.2) is 47.4 Å². The highest BCUT2D eigenvalue weighted by Gasteiger charge is 2.35. The molecule has 1 aromatic heterocycles. The Morgan fingerprint density at radius 1 is 1.17 bits per heavy atom. The van der Waals surface area contributed by atoms with Crippen LogP contribution in [0.2, 0.25) is 0 Å². The molecular weight excluding hydrogens is 430 g/mol. The number of aliphatic hydroxyl groups is 1. The van der Waals surface area contributed by atoms with Crippen LogP contribution in [-0.2, 0) is 22.8 Å². The van der Waals surface area contributed by atoms with Crippen molar-refractivity contribution in [1.29, 1.82) is 0 Å². The number of alkyl halides is 3. The Hall–Kier alpha value is -2.96. The summed E-state index contributed by atoms with van der Waals surface area (Å²) in [6.07, 6.45) is -4.79. The molecule has 0 aliphatic carbocycles. The van der Waals surface area contributed by atoms with Crippen LogP contribution >= 0.6 is 0 Å². The third kappa shape index (κ3) is 4.15. The van der Waals surface area contributed by atoms with Gasteiger partial charge in [-0.25, -0.2) is 22.6 Å². The first-order valence-corrected chi connectivity index (χ1v) is 9.78. The van der Waals surface area contributed by atoms with Gasteiger partial charge in [-0.3, -0.25) is 0 Å². The number of methoxy groups -OCH3 is 1. The van der Waals surface area contributed by atoms with Crippen LogP contribution < -0.4 is 9.88 Å². The molecule has 7 nitrogen and oxygen atoms in total. The molecule has 0 atom stereocenters. The topological polar surface area (TPSA) is 107 Å². The Labute approximate surface area is 168 Å². The van der Waals surface area contributed by atoms with Crippen molar-refractivity contribution in [2.45, 2.75) is 17.7 Å². The second-order valence-corrected chi connectivity index (χ2v) is 7.70. The molecule has 0 amide bonds. The predicted molar refractivity (Wildman–Crippen MR) is 97.8 cm³/mol. The molecule has 0 fully saturated rings. The molecule has 0 saturated carbocycles. The summed E-state index contributed by atoms with van der Waals surface area (Å²) in [6, 6.07) is 7.67. The average molecular weight is 445 g/mol. The summed E-state index contributed by atoms with van der Waals surface area (Å²) >= 11 is 0. The smallest absolute Gasteiger partial charge is 0.435 e. The molecule has 0 saturated heterocycles. The lowest BCUT2D eigenvalue weighted by molar-refractivity contribution is -0.141. The molecule has 0 aliphatic rings. The summed E-state index contributed by atoms with van der Waals surface area (Å²) in [4.78, 5) is -0.381. The van der Waals surface area contributed by atoms with Crippen molar-refractivity contribution in [3.8, 4) is 22.7 Å². The first-order valence-electron chi connectivity index (χ1n) is 8.24. The summed E-state index contributed by atoms with van der Waals surface area (Å²) in [5.41, 5.74) is -1.41. The van der Waals surface area contributed by atoms with Gasteiger partial charge in [-0.05, 0) is 48.0 Å². The molecule has 1 heterocycles. The second-order valence-electron chi connectivity index (χ2n) is 6.17. The standard InChI is InChI=1S/C18H15F4N3O4S/c1-29-15-4-2-10(7-13(15)19)14-8-17(18(20,21)22)24-25(14)12-3-5-16(30(23,27)28)11(6-12)9-26/h2-8,26H,9H2,1H3,(H2,23,27,28). The molecular formula is C18H15F4N3O4S. The maximum atomic E-state index is 14.1. The van der Waals surface area contributed by atoms with Crippen LogP contribution in [0.1, 0.15) is 11.3 Å². The minimum Gasteiger partial charge on any atom is -0.494 e. The van der Waals surface area contributed by atoms with Gasteiger partial charge in [-0.1, -0.05) is 0 Å². The van der Waals surface area contributed by atoms with E-state index in [9.17, 15) is 31.1 Å². The molecule has 3 rings (SSSR count). The molecule has 2 aromatic carbocycles. The largest absolute Gasteiger partial charge is 0.494 e. The van der Waals surface area contributed by atoms with Crippen molar-refractivity contribution in [2.75, 3.05) is 7.11 Å². The highest BCUT2D eigenvalue weighted by atomic mass is 32.2. The van der Waals surface area contributed by atoms with E-state index in [1.807, 2.05) is 0 Å². The zero-order valence-electron chi connectivity index (χ0n) is 15.3. The zero-order valence-corrected chi connectivity index (χ0v) is 16.1. The van der Waals surface area contributed by atoms with Crippen molar-refractivity contribution in [1.82, 2.24) is 9.78 Å². The van der Waals surface area contributed by atoms with E-state index in [4.69, 9.17) is 9.88 Å². The first-order chi connectivity index (χ1) is 14.0. The number of primary sulfonamides is 1. The Morgan fingerprint density at radius 3 is 2.40 bits per heavy atom. The van der Waals surface area contributed by atoms with Gasteiger partial charge in [-0.2, -0.15) is 18.3 Å². The fourth-order valence-corrected chi connectivity index (χ4v) is 3.59. The number of ether oxygens (including phenoxy) is 1. The Balaban J connectivity index is 2.24. The van der Waals surface area contributed by atoms with Gasteiger partial charge in [0.1, 0.15) is 0 Å². The summed E-state index contributed by atoms with van der Waals surface area (Å²) in [5, 5.41) is 18.1. The number of aliphatic hydroxyl groups excluding tert-OH is 1. The third-order valence-electron chi connectivity index (χ3n) is 4.21. The van der Waals surface area contributed by atoms with Crippen molar-refractivity contribution in [3.05, 3.63) is 59.5 Å². The maximum Gasteiger partial charge on any atom is 0.435 e. The summed E-state index contributed by atoms with van der Waals surface area (Å²) in [5.74, 6) is -0.891. The molecule has 0 spiro atoms. The van der Waals surface area contributed by atoms with Crippen molar-refractivity contribution in [3.63, 3.8) is 0 Å². The van der Waals surface area contributed by atoms with Crippen LogP contribution in [0.4, 0.5) is 17.6 Å². The van der Waals surface area contributed by atoms with Gasteiger partial charge in [0.25, 0.3) is 0 Å². The van der Waals surface area contributed by atoms with E-state index in [2.05, 4.69) is 5.10 Å². The molecule has 160 valence electrons. The van der Waals surface area contributed by atoms with E-state index in [-0.39, 0.29) is 33.2 Å². The molecule has 3 N–H and O–H groups in total. The lowest BCUT2D eigenvalue weighted by Gasteiger charge is -2.12. The second kappa shape index (κ2) is 7.70. The van der Waals surface area contributed by atoms with E-state index in [0.29, 0.717) is 0 Å². The Kier molecular flexibility index (Phi) is 5.58. The number of nitrogens with two attached hydrogens (primary N) is 1. The van der Waals surface area contributed by atoms with E-state index in [1.165, 1.54) is 25.3 Å². The number of hydrogen-bond acceptors (Lipinski definition) is 5. The number of hydrogen-bond donors (Lipinski definition) is 2. The molecule has 0 aliphatic heterocycles. The van der Waals surface area contributed by atoms with E-state index in [0.717, 1.165) is 28.9 Å². The number of nitrogens with zero attached hydrogens (tertiary/aromatic N) is 2. The SMILES string of the molecule is COc1ccc(-c2cc(C(F)(F)F)nn2-c2ccc(S(N)(=O)=O)c(CO)c2)cc1F. The highest BCUT2D eigenvalue weighted by molar-refractivity contribution is 7.89. The summed E-state index contributed by atoms with van der Waals surface area (Å²) < 4.78 is 82.9. The van der Waals surface area contributed by atoms with Gasteiger partial charge in [0, 0.05) is 5.56 Å². The van der Waals surface area contributed by atoms with Gasteiger partial charge in [0.05, 0.1) is 30.0 Å². The van der Waals surface area contributed by atoms with Gasteiger partial charge in [0.2, 0.25) is 10.0 Å². The van der Waals surface area contributed by atoms with E-state index in [1.54, 1.807) is 0 Å². The number of benzene rings is 2. The fraction of sp³-hybridized carbons (Fsp3) is 0.167. The first kappa shape index (κ1) is 21.7. The minimum absolute atomic E-state index is 0.00757. The van der Waals surface area contributed by atoms with E-state index >= 15 is 0 Å². The predicted octanol–water partition coefficient (Wildman–Crippen LogP) is 2.85. The van der Waals surface area contributed by atoms with Crippen LogP contribution in [0.3, 0.4) is 0 Å². The molecule has 12 heteroatoms. The molecule has 0 radical (unpaired) electrons. The van der Waals surface area contributed by atoms with Gasteiger partial charge >= 0.3 is 6.18 Å². The number of sulfonamides is 1. The molecule has 0 bridgehead atoms. The highest BCUT2D eigenvalue weighted by Crippen LogP contribution is 2.34. The minimum atomic E-state index is -4.79. The molecule has 30 heavy (non-hydrogen) atoms. The van der Waals surface area contributed by atoms with Crippen LogP contribution in [0.5, 0.6) is 5.75 Å². The van der Waals surface area contributed by atoms with Gasteiger partial charge < -0.3 is 9.84 Å². The number of rotatable bonds is 5. The monoisotopic (exact) mass is 445 g/mol. The number of aromatic nitrogens is 2. The Morgan fingerprint density at radius 2 is 1.87 bits per heavy atom. The van der Waals surface area contributed by atoms with Gasteiger partial charge in [0.15, 0.2) is 17.3 Å². The van der Waals surface area contributed by atoms with Crippen molar-refractivity contribution < 1.29 is 35.8 Å². The fourth-order valence-electron chi connectivity index (χ4n) is 2.85. The van der Waals surface area contributed by atoms with Gasteiger partial charge in [-0.15, -0.1) is 0 Å². The van der Waals surface area contributed by atoms with E-state index < -0.39 is 34.3 Å².